The lowest BCUT2D eigenvalue weighted by molar-refractivity contribution is 0.287. The summed E-state index contributed by atoms with van der Waals surface area (Å²) in [6.07, 6.45) is 0.856. The van der Waals surface area contributed by atoms with Crippen molar-refractivity contribution in [2.24, 2.45) is 0 Å². The number of halogens is 1. The molecule has 1 aromatic carbocycles. The summed E-state index contributed by atoms with van der Waals surface area (Å²) in [5, 5.41) is 0.910. The Balaban J connectivity index is 1.94. The summed E-state index contributed by atoms with van der Waals surface area (Å²) in [5.41, 5.74) is 7.35. The van der Waals surface area contributed by atoms with Crippen LogP contribution in [0.2, 0.25) is 0 Å². The van der Waals surface area contributed by atoms with Crippen molar-refractivity contribution in [2.75, 3.05) is 23.7 Å². The van der Waals surface area contributed by atoms with Crippen molar-refractivity contribution in [1.29, 1.82) is 0 Å². The van der Waals surface area contributed by atoms with Crippen LogP contribution in [0.25, 0.3) is 10.2 Å². The van der Waals surface area contributed by atoms with Crippen LogP contribution < -0.4 is 10.6 Å². The summed E-state index contributed by atoms with van der Waals surface area (Å²) in [7, 11) is 0. The lowest BCUT2D eigenvalue weighted by Crippen LogP contribution is -2.36. The van der Waals surface area contributed by atoms with Gasteiger partial charge in [0.05, 0.1) is 16.8 Å². The molecule has 2 heterocycles. The van der Waals surface area contributed by atoms with E-state index in [0.717, 1.165) is 34.0 Å². The fourth-order valence-corrected chi connectivity index (χ4v) is 3.15. The first-order valence-electron chi connectivity index (χ1n) is 5.77. The van der Waals surface area contributed by atoms with Gasteiger partial charge in [0.1, 0.15) is 6.17 Å². The van der Waals surface area contributed by atoms with Gasteiger partial charge in [-0.2, -0.15) is 0 Å². The SMILES string of the molecule is Nc1ccc2sc(N3CCC[C@H](F)C3)nc2c1. The Morgan fingerprint density at radius 3 is 3.18 bits per heavy atom. The maximum atomic E-state index is 13.4. The molecule has 1 fully saturated rings. The first kappa shape index (κ1) is 10.8. The van der Waals surface area contributed by atoms with E-state index in [1.165, 1.54) is 0 Å². The number of hydrogen-bond donors (Lipinski definition) is 1. The summed E-state index contributed by atoms with van der Waals surface area (Å²) in [4.78, 5) is 6.57. The average Bonchev–Trinajstić information content (AvgIpc) is 2.72. The molecule has 17 heavy (non-hydrogen) atoms. The first-order chi connectivity index (χ1) is 8.22. The van der Waals surface area contributed by atoms with E-state index in [1.54, 1.807) is 11.3 Å². The molecule has 0 saturated carbocycles. The number of hydrogen-bond acceptors (Lipinski definition) is 4. The van der Waals surface area contributed by atoms with Crippen LogP contribution >= 0.6 is 11.3 Å². The van der Waals surface area contributed by atoms with Gasteiger partial charge in [-0.3, -0.25) is 0 Å². The zero-order valence-corrected chi connectivity index (χ0v) is 10.2. The number of benzene rings is 1. The first-order valence-corrected chi connectivity index (χ1v) is 6.59. The minimum absolute atomic E-state index is 0.468. The van der Waals surface area contributed by atoms with Crippen LogP contribution in [0, 0.1) is 0 Å². The maximum absolute atomic E-state index is 13.4. The molecule has 2 N–H and O–H groups in total. The van der Waals surface area contributed by atoms with Crippen molar-refractivity contribution in [2.45, 2.75) is 19.0 Å². The summed E-state index contributed by atoms with van der Waals surface area (Å²) < 4.78 is 14.5. The third-order valence-electron chi connectivity index (χ3n) is 3.03. The minimum atomic E-state index is -0.721. The van der Waals surface area contributed by atoms with Gasteiger partial charge in [-0.05, 0) is 31.0 Å². The molecule has 0 radical (unpaired) electrons. The number of nitrogen functional groups attached to an aromatic ring is 1. The van der Waals surface area contributed by atoms with Crippen molar-refractivity contribution in [3.05, 3.63) is 18.2 Å². The summed E-state index contributed by atoms with van der Waals surface area (Å²) in [6.45, 7) is 1.37. The standard InChI is InChI=1S/C12H14FN3S/c13-8-2-1-5-16(7-8)12-15-10-6-9(14)3-4-11(10)17-12/h3-4,6,8H,1-2,5,7,14H2/t8-/m0/s1. The molecule has 1 atom stereocenters. The second-order valence-corrected chi connectivity index (χ2v) is 5.42. The molecule has 1 aromatic heterocycles. The quantitative estimate of drug-likeness (QED) is 0.792. The van der Waals surface area contributed by atoms with Gasteiger partial charge >= 0.3 is 0 Å². The molecule has 3 rings (SSSR count). The largest absolute Gasteiger partial charge is 0.399 e. The molecule has 5 heteroatoms. The highest BCUT2D eigenvalue weighted by Crippen LogP contribution is 2.31. The minimum Gasteiger partial charge on any atom is -0.399 e. The summed E-state index contributed by atoms with van der Waals surface area (Å²) >= 11 is 1.61. The lowest BCUT2D eigenvalue weighted by atomic mass is 10.1. The number of piperidine rings is 1. The number of thiazole rings is 1. The van der Waals surface area contributed by atoms with Gasteiger partial charge in [0.15, 0.2) is 5.13 Å². The van der Waals surface area contributed by atoms with E-state index in [0.29, 0.717) is 13.0 Å². The topological polar surface area (TPSA) is 42.1 Å². The number of rotatable bonds is 1. The van der Waals surface area contributed by atoms with Gasteiger partial charge in [0.2, 0.25) is 0 Å². The molecule has 90 valence electrons. The van der Waals surface area contributed by atoms with E-state index in [1.807, 2.05) is 23.1 Å². The van der Waals surface area contributed by atoms with Crippen molar-refractivity contribution >= 4 is 32.4 Å². The van der Waals surface area contributed by atoms with Crippen LogP contribution in [0.3, 0.4) is 0 Å². The molecule has 1 saturated heterocycles. The average molecular weight is 251 g/mol. The molecule has 0 aliphatic carbocycles. The van der Waals surface area contributed by atoms with Gasteiger partial charge in [-0.15, -0.1) is 0 Å². The van der Waals surface area contributed by atoms with Crippen LogP contribution in [0.1, 0.15) is 12.8 Å². The van der Waals surface area contributed by atoms with Crippen molar-refractivity contribution < 1.29 is 4.39 Å². The Morgan fingerprint density at radius 2 is 2.35 bits per heavy atom. The third-order valence-corrected chi connectivity index (χ3v) is 4.13. The molecule has 1 aliphatic rings. The van der Waals surface area contributed by atoms with Gasteiger partial charge in [-0.25, -0.2) is 9.37 Å². The van der Waals surface area contributed by atoms with Gasteiger partial charge in [0.25, 0.3) is 0 Å². The fourth-order valence-electron chi connectivity index (χ4n) is 2.17. The normalized spacial score (nSPS) is 21.0. The molecule has 0 spiro atoms. The Morgan fingerprint density at radius 1 is 1.47 bits per heavy atom. The maximum Gasteiger partial charge on any atom is 0.186 e. The van der Waals surface area contributed by atoms with Gasteiger partial charge < -0.3 is 10.6 Å². The Kier molecular flexibility index (Phi) is 2.63. The Labute approximate surface area is 103 Å². The third kappa shape index (κ3) is 2.07. The zero-order valence-electron chi connectivity index (χ0n) is 9.40. The number of nitrogens with two attached hydrogens (primary N) is 1. The number of fused-ring (bicyclic) bond motifs is 1. The highest BCUT2D eigenvalue weighted by Gasteiger charge is 2.21. The van der Waals surface area contributed by atoms with Crippen LogP contribution in [0.15, 0.2) is 18.2 Å². The monoisotopic (exact) mass is 251 g/mol. The second kappa shape index (κ2) is 4.14. The van der Waals surface area contributed by atoms with Crippen LogP contribution in [0.5, 0.6) is 0 Å². The van der Waals surface area contributed by atoms with Gasteiger partial charge in [-0.1, -0.05) is 11.3 Å². The Hall–Kier alpha value is -1.36. The highest BCUT2D eigenvalue weighted by atomic mass is 32.1. The van der Waals surface area contributed by atoms with Crippen molar-refractivity contribution in [3.63, 3.8) is 0 Å². The highest BCUT2D eigenvalue weighted by molar-refractivity contribution is 7.22. The van der Waals surface area contributed by atoms with Crippen LogP contribution in [0.4, 0.5) is 15.2 Å². The summed E-state index contributed by atoms with van der Waals surface area (Å²) in [6, 6.07) is 5.72. The molecular weight excluding hydrogens is 237 g/mol. The van der Waals surface area contributed by atoms with Gasteiger partial charge in [0, 0.05) is 12.2 Å². The number of aromatic nitrogens is 1. The van der Waals surface area contributed by atoms with Crippen molar-refractivity contribution in [1.82, 2.24) is 4.98 Å². The molecule has 3 nitrogen and oxygen atoms in total. The van der Waals surface area contributed by atoms with E-state index in [-0.39, 0.29) is 0 Å². The fraction of sp³-hybridized carbons (Fsp3) is 0.417. The molecule has 0 bridgehead atoms. The summed E-state index contributed by atoms with van der Waals surface area (Å²) in [5.74, 6) is 0. The lowest BCUT2D eigenvalue weighted by Gasteiger charge is -2.28. The molecule has 2 aromatic rings. The van der Waals surface area contributed by atoms with Crippen LogP contribution in [-0.2, 0) is 0 Å². The number of alkyl halides is 1. The van der Waals surface area contributed by atoms with E-state index in [4.69, 9.17) is 5.73 Å². The number of nitrogens with zero attached hydrogens (tertiary/aromatic N) is 2. The van der Waals surface area contributed by atoms with E-state index >= 15 is 0 Å². The molecular formula is C12H14FN3S. The number of anilines is 2. The Bertz CT molecular complexity index is 540. The zero-order chi connectivity index (χ0) is 11.8. The second-order valence-electron chi connectivity index (χ2n) is 4.41. The smallest absolute Gasteiger partial charge is 0.186 e. The molecule has 1 aliphatic heterocycles. The predicted molar refractivity (Wildman–Crippen MR) is 70.4 cm³/mol. The molecule has 0 unspecified atom stereocenters. The van der Waals surface area contributed by atoms with Crippen molar-refractivity contribution in [3.8, 4) is 0 Å². The van der Waals surface area contributed by atoms with E-state index < -0.39 is 6.17 Å². The van der Waals surface area contributed by atoms with Crippen LogP contribution in [-0.4, -0.2) is 24.2 Å². The van der Waals surface area contributed by atoms with E-state index in [2.05, 4.69) is 4.98 Å². The predicted octanol–water partition coefficient (Wildman–Crippen LogP) is 2.82. The molecule has 0 amide bonds. The van der Waals surface area contributed by atoms with E-state index in [9.17, 15) is 4.39 Å².